The van der Waals surface area contributed by atoms with E-state index in [0.717, 1.165) is 17.7 Å². The lowest BCUT2D eigenvalue weighted by Crippen LogP contribution is -2.15. The highest BCUT2D eigenvalue weighted by Crippen LogP contribution is 2.31. The molecule has 7 nitrogen and oxygen atoms in total. The van der Waals surface area contributed by atoms with E-state index in [1.54, 1.807) is 31.2 Å². The van der Waals surface area contributed by atoms with Crippen molar-refractivity contribution in [3.05, 3.63) is 62.9 Å². The zero-order valence-corrected chi connectivity index (χ0v) is 14.0. The van der Waals surface area contributed by atoms with Gasteiger partial charge in [0, 0.05) is 11.6 Å². The van der Waals surface area contributed by atoms with Gasteiger partial charge in [-0.05, 0) is 30.7 Å². The van der Waals surface area contributed by atoms with Crippen LogP contribution in [0, 0.1) is 15.9 Å². The summed E-state index contributed by atoms with van der Waals surface area (Å²) in [6.07, 6.45) is -0.848. The maximum atomic E-state index is 14.0. The van der Waals surface area contributed by atoms with Crippen LogP contribution in [-0.2, 0) is 11.3 Å². The lowest BCUT2D eigenvalue weighted by molar-refractivity contribution is -0.384. The van der Waals surface area contributed by atoms with Crippen LogP contribution in [0.1, 0.15) is 12.5 Å². The quantitative estimate of drug-likeness (QED) is 0.576. The van der Waals surface area contributed by atoms with Gasteiger partial charge in [0.15, 0.2) is 5.82 Å². The predicted molar refractivity (Wildman–Crippen MR) is 92.5 cm³/mol. The number of nitrogens with zero attached hydrogens (tertiary/aromatic N) is 1. The molecule has 0 saturated carbocycles. The number of carbonyl (C=O) groups is 1. The number of hydrogen-bond donors (Lipinski definition) is 2. The van der Waals surface area contributed by atoms with E-state index in [2.05, 4.69) is 15.4 Å². The number of hydrogen-bond acceptors (Lipinski definition) is 5. The van der Waals surface area contributed by atoms with E-state index in [9.17, 15) is 19.3 Å². The standard InChI is InChI=1S/C16H15ClFN3O4/c1-2-25-16(22)20-13-8-14(15(21(23)24)7-12(13)18)19-9-10-3-5-11(17)6-4-10/h3-8,19H,2,9H2,1H3,(H,20,22). The summed E-state index contributed by atoms with van der Waals surface area (Å²) in [5.41, 5.74) is 0.222. The molecule has 2 aromatic rings. The molecule has 2 N–H and O–H groups in total. The molecule has 0 fully saturated rings. The van der Waals surface area contributed by atoms with Crippen LogP contribution in [0.3, 0.4) is 0 Å². The van der Waals surface area contributed by atoms with Crippen LogP contribution in [0.15, 0.2) is 36.4 Å². The number of ether oxygens (including phenoxy) is 1. The van der Waals surface area contributed by atoms with Crippen molar-refractivity contribution < 1.29 is 18.8 Å². The molecule has 9 heteroatoms. The number of rotatable bonds is 6. The molecule has 132 valence electrons. The topological polar surface area (TPSA) is 93.5 Å². The van der Waals surface area contributed by atoms with Gasteiger partial charge in [0.1, 0.15) is 5.69 Å². The monoisotopic (exact) mass is 367 g/mol. The van der Waals surface area contributed by atoms with E-state index < -0.39 is 22.5 Å². The summed E-state index contributed by atoms with van der Waals surface area (Å²) in [7, 11) is 0. The Kier molecular flexibility index (Phi) is 6.13. The van der Waals surface area contributed by atoms with Crippen molar-refractivity contribution in [1.29, 1.82) is 0 Å². The minimum absolute atomic E-state index is 0.0631. The van der Waals surface area contributed by atoms with Crippen molar-refractivity contribution in [2.24, 2.45) is 0 Å². The minimum atomic E-state index is -0.934. The highest BCUT2D eigenvalue weighted by Gasteiger charge is 2.19. The first-order valence-corrected chi connectivity index (χ1v) is 7.68. The minimum Gasteiger partial charge on any atom is -0.450 e. The van der Waals surface area contributed by atoms with Crippen LogP contribution in [0.5, 0.6) is 0 Å². The van der Waals surface area contributed by atoms with Gasteiger partial charge in [-0.2, -0.15) is 0 Å². The van der Waals surface area contributed by atoms with Gasteiger partial charge < -0.3 is 10.1 Å². The lowest BCUT2D eigenvalue weighted by atomic mass is 10.2. The largest absolute Gasteiger partial charge is 0.450 e. The van der Waals surface area contributed by atoms with E-state index in [1.807, 2.05) is 0 Å². The maximum absolute atomic E-state index is 14.0. The smallest absolute Gasteiger partial charge is 0.411 e. The van der Waals surface area contributed by atoms with Crippen molar-refractivity contribution >= 4 is 34.8 Å². The molecule has 0 spiro atoms. The SMILES string of the molecule is CCOC(=O)Nc1cc(NCc2ccc(Cl)cc2)c([N+](=O)[O-])cc1F. The first kappa shape index (κ1) is 18.5. The summed E-state index contributed by atoms with van der Waals surface area (Å²) in [6, 6.07) is 8.77. The van der Waals surface area contributed by atoms with Gasteiger partial charge in [-0.15, -0.1) is 0 Å². The van der Waals surface area contributed by atoms with E-state index >= 15 is 0 Å². The van der Waals surface area contributed by atoms with Gasteiger partial charge in [0.05, 0.1) is 23.3 Å². The van der Waals surface area contributed by atoms with Gasteiger partial charge in [-0.3, -0.25) is 15.4 Å². The molecule has 1 amide bonds. The molecular weight excluding hydrogens is 353 g/mol. The molecule has 0 saturated heterocycles. The average molecular weight is 368 g/mol. The van der Waals surface area contributed by atoms with Crippen LogP contribution in [0.25, 0.3) is 0 Å². The first-order valence-electron chi connectivity index (χ1n) is 7.30. The molecule has 0 aliphatic rings. The summed E-state index contributed by atoms with van der Waals surface area (Å²) in [5, 5.41) is 16.8. The second-order valence-electron chi connectivity index (χ2n) is 4.93. The predicted octanol–water partition coefficient (Wildman–Crippen LogP) is 4.57. The van der Waals surface area contributed by atoms with Gasteiger partial charge >= 0.3 is 6.09 Å². The molecule has 0 radical (unpaired) electrons. The number of halogens is 2. The molecule has 0 heterocycles. The second-order valence-corrected chi connectivity index (χ2v) is 5.37. The third kappa shape index (κ3) is 5.05. The zero-order chi connectivity index (χ0) is 18.4. The Hall–Kier alpha value is -2.87. The highest BCUT2D eigenvalue weighted by molar-refractivity contribution is 6.30. The molecule has 0 unspecified atom stereocenters. The normalized spacial score (nSPS) is 10.2. The Balaban J connectivity index is 2.25. The van der Waals surface area contributed by atoms with E-state index in [0.29, 0.717) is 5.02 Å². The number of amides is 1. The Bertz CT molecular complexity index is 784. The number of nitro groups is 1. The number of anilines is 2. The second kappa shape index (κ2) is 8.29. The molecule has 0 aromatic heterocycles. The van der Waals surface area contributed by atoms with Crippen LogP contribution < -0.4 is 10.6 Å². The third-order valence-corrected chi connectivity index (χ3v) is 3.44. The van der Waals surface area contributed by atoms with Crippen LogP contribution in [0.2, 0.25) is 5.02 Å². The molecule has 0 bridgehead atoms. The van der Waals surface area contributed by atoms with Crippen LogP contribution in [-0.4, -0.2) is 17.6 Å². The van der Waals surface area contributed by atoms with Crippen LogP contribution >= 0.6 is 11.6 Å². The molecule has 25 heavy (non-hydrogen) atoms. The Morgan fingerprint density at radius 3 is 2.56 bits per heavy atom. The molecule has 0 aliphatic heterocycles. The van der Waals surface area contributed by atoms with Gasteiger partial charge in [0.2, 0.25) is 0 Å². The number of nitrogens with one attached hydrogen (secondary N) is 2. The Morgan fingerprint density at radius 2 is 1.96 bits per heavy atom. The third-order valence-electron chi connectivity index (χ3n) is 3.19. The number of nitro benzene ring substituents is 1. The molecule has 0 atom stereocenters. The highest BCUT2D eigenvalue weighted by atomic mass is 35.5. The molecule has 2 rings (SSSR count). The number of carbonyl (C=O) groups excluding carboxylic acids is 1. The fraction of sp³-hybridized carbons (Fsp3) is 0.188. The summed E-state index contributed by atoms with van der Waals surface area (Å²) in [4.78, 5) is 21.9. The Labute approximate surface area is 147 Å². The fourth-order valence-corrected chi connectivity index (χ4v) is 2.15. The summed E-state index contributed by atoms with van der Waals surface area (Å²) >= 11 is 5.80. The van der Waals surface area contributed by atoms with Gasteiger partial charge in [-0.25, -0.2) is 9.18 Å². The maximum Gasteiger partial charge on any atom is 0.411 e. The van der Waals surface area contributed by atoms with Crippen LogP contribution in [0.4, 0.5) is 26.2 Å². The van der Waals surface area contributed by atoms with Crippen molar-refractivity contribution in [2.45, 2.75) is 13.5 Å². The van der Waals surface area contributed by atoms with E-state index in [-0.39, 0.29) is 24.5 Å². The average Bonchev–Trinajstić information content (AvgIpc) is 2.56. The molecule has 2 aromatic carbocycles. The lowest BCUT2D eigenvalue weighted by Gasteiger charge is -2.11. The van der Waals surface area contributed by atoms with E-state index in [1.165, 1.54) is 0 Å². The van der Waals surface area contributed by atoms with E-state index in [4.69, 9.17) is 11.6 Å². The Morgan fingerprint density at radius 1 is 1.28 bits per heavy atom. The van der Waals surface area contributed by atoms with Gasteiger partial charge in [0.25, 0.3) is 5.69 Å². The first-order chi connectivity index (χ1) is 11.9. The molecule has 0 aliphatic carbocycles. The summed E-state index contributed by atoms with van der Waals surface area (Å²) < 4.78 is 18.7. The molecular formula is C16H15ClFN3O4. The van der Waals surface area contributed by atoms with Crippen molar-refractivity contribution in [3.8, 4) is 0 Å². The number of benzene rings is 2. The fourth-order valence-electron chi connectivity index (χ4n) is 2.03. The summed E-state index contributed by atoms with van der Waals surface area (Å²) in [5.74, 6) is -0.934. The van der Waals surface area contributed by atoms with Crippen molar-refractivity contribution in [1.82, 2.24) is 0 Å². The van der Waals surface area contributed by atoms with Crippen molar-refractivity contribution in [3.63, 3.8) is 0 Å². The van der Waals surface area contributed by atoms with Gasteiger partial charge in [-0.1, -0.05) is 23.7 Å². The summed E-state index contributed by atoms with van der Waals surface area (Å²) in [6.45, 7) is 1.97. The zero-order valence-electron chi connectivity index (χ0n) is 13.2. The van der Waals surface area contributed by atoms with Crippen molar-refractivity contribution in [2.75, 3.05) is 17.2 Å².